The van der Waals surface area contributed by atoms with Gasteiger partial charge in [-0.25, -0.2) is 4.79 Å². The fourth-order valence-electron chi connectivity index (χ4n) is 3.64. The molecule has 1 fully saturated rings. The van der Waals surface area contributed by atoms with Crippen molar-refractivity contribution in [2.45, 2.75) is 78.0 Å². The summed E-state index contributed by atoms with van der Waals surface area (Å²) in [4.78, 5) is 17.5. The Labute approximate surface area is 147 Å². The summed E-state index contributed by atoms with van der Waals surface area (Å²) in [5, 5.41) is 0. The van der Waals surface area contributed by atoms with Gasteiger partial charge in [0, 0.05) is 11.1 Å². The third-order valence-corrected chi connectivity index (χ3v) is 4.73. The maximum absolute atomic E-state index is 13.4. The molecule has 3 heteroatoms. The van der Waals surface area contributed by atoms with Gasteiger partial charge in [0.15, 0.2) is 0 Å². The first-order valence-corrected chi connectivity index (χ1v) is 8.85. The van der Waals surface area contributed by atoms with Crippen LogP contribution in [0.5, 0.6) is 0 Å². The van der Waals surface area contributed by atoms with E-state index >= 15 is 0 Å². The Morgan fingerprint density at radius 1 is 1.00 bits per heavy atom. The van der Waals surface area contributed by atoms with E-state index in [1.54, 1.807) is 0 Å². The van der Waals surface area contributed by atoms with Crippen molar-refractivity contribution in [2.24, 2.45) is 0 Å². The number of benzene rings is 1. The number of hydrogen-bond donors (Lipinski definition) is 0. The summed E-state index contributed by atoms with van der Waals surface area (Å²) in [5.41, 5.74) is 1.77. The Balaban J connectivity index is 2.67. The molecule has 0 aromatic heterocycles. The van der Waals surface area contributed by atoms with Crippen molar-refractivity contribution < 1.29 is 4.79 Å². The molecule has 3 nitrogen and oxygen atoms in total. The molecule has 0 bridgehead atoms. The van der Waals surface area contributed by atoms with Gasteiger partial charge in [-0.1, -0.05) is 49.4 Å². The highest BCUT2D eigenvalue weighted by Crippen LogP contribution is 2.45. The van der Waals surface area contributed by atoms with Crippen LogP contribution in [0, 0.1) is 0 Å². The lowest BCUT2D eigenvalue weighted by molar-refractivity contribution is 0.122. The minimum atomic E-state index is -0.260. The molecule has 2 amide bonds. The Hall–Kier alpha value is -1.77. The highest BCUT2D eigenvalue weighted by molar-refractivity contribution is 5.81. The lowest BCUT2D eigenvalue weighted by Gasteiger charge is -2.38. The van der Waals surface area contributed by atoms with E-state index in [1.807, 2.05) is 28.0 Å². The van der Waals surface area contributed by atoms with Crippen LogP contribution in [0.25, 0.3) is 0 Å². The van der Waals surface area contributed by atoms with Crippen LogP contribution < -0.4 is 0 Å². The number of carbonyl (C=O) groups is 1. The predicted molar refractivity (Wildman–Crippen MR) is 101 cm³/mol. The molecule has 0 N–H and O–H groups in total. The number of carbonyl (C=O) groups excluding carboxylic acids is 1. The molecule has 1 heterocycles. The fraction of sp³-hybridized carbons (Fsp3) is 0.571. The molecule has 0 radical (unpaired) electrons. The molecule has 1 aromatic rings. The summed E-state index contributed by atoms with van der Waals surface area (Å²) in [6.07, 6.45) is 0.867. The van der Waals surface area contributed by atoms with E-state index in [0.717, 1.165) is 12.0 Å². The maximum atomic E-state index is 13.4. The van der Waals surface area contributed by atoms with Gasteiger partial charge in [-0.05, 0) is 53.5 Å². The lowest BCUT2D eigenvalue weighted by Crippen LogP contribution is -2.50. The van der Waals surface area contributed by atoms with Crippen molar-refractivity contribution >= 4 is 6.03 Å². The highest BCUT2D eigenvalue weighted by Gasteiger charge is 2.53. The molecular weight excluding hydrogens is 296 g/mol. The van der Waals surface area contributed by atoms with E-state index < -0.39 is 0 Å². The lowest BCUT2D eigenvalue weighted by atomic mass is 9.88. The molecule has 0 aliphatic carbocycles. The first-order chi connectivity index (χ1) is 11.0. The monoisotopic (exact) mass is 328 g/mol. The van der Waals surface area contributed by atoms with Crippen molar-refractivity contribution in [2.75, 3.05) is 0 Å². The summed E-state index contributed by atoms with van der Waals surface area (Å²) in [5.74, 6) is 0. The summed E-state index contributed by atoms with van der Waals surface area (Å²) < 4.78 is 0. The van der Waals surface area contributed by atoms with Crippen molar-refractivity contribution in [3.63, 3.8) is 0 Å². The average Bonchev–Trinajstić information content (AvgIpc) is 2.80. The molecule has 24 heavy (non-hydrogen) atoms. The Morgan fingerprint density at radius 2 is 1.50 bits per heavy atom. The Bertz CT molecular complexity index is 607. The molecule has 1 aliphatic heterocycles. The zero-order valence-corrected chi connectivity index (χ0v) is 16.3. The normalized spacial score (nSPS) is 22.2. The Kier molecular flexibility index (Phi) is 4.85. The van der Waals surface area contributed by atoms with Crippen molar-refractivity contribution in [3.05, 3.63) is 48.0 Å². The molecule has 2 rings (SSSR count). The van der Waals surface area contributed by atoms with Crippen molar-refractivity contribution in [1.82, 2.24) is 9.80 Å². The van der Waals surface area contributed by atoms with Crippen LogP contribution in [-0.4, -0.2) is 33.0 Å². The molecule has 1 aromatic carbocycles. The zero-order chi connectivity index (χ0) is 18.3. The van der Waals surface area contributed by atoms with Crippen LogP contribution in [0.4, 0.5) is 4.79 Å². The standard InChI is InChI=1S/C21H32N2O/c1-9-15(2)17-18(16-13-11-10-12-14-16)23(21(6,7)8)19(24)22(17)20(3,4)5/h10-14,17-18H,2,9H2,1,3-8H3/t17-,18-/m0/s1. The number of urea groups is 1. The minimum absolute atomic E-state index is 0.00891. The van der Waals surface area contributed by atoms with E-state index in [2.05, 4.69) is 67.2 Å². The molecule has 132 valence electrons. The largest absolute Gasteiger partial charge is 0.322 e. The fourth-order valence-corrected chi connectivity index (χ4v) is 3.64. The second-order valence-corrected chi connectivity index (χ2v) is 8.68. The summed E-state index contributed by atoms with van der Waals surface area (Å²) >= 11 is 0. The van der Waals surface area contributed by atoms with Crippen LogP contribution in [-0.2, 0) is 0 Å². The van der Waals surface area contributed by atoms with Gasteiger partial charge in [0.05, 0.1) is 12.1 Å². The first kappa shape index (κ1) is 18.6. The van der Waals surface area contributed by atoms with E-state index in [1.165, 1.54) is 5.56 Å². The summed E-state index contributed by atoms with van der Waals surface area (Å²) in [6, 6.07) is 10.4. The third-order valence-electron chi connectivity index (χ3n) is 4.73. The van der Waals surface area contributed by atoms with E-state index in [9.17, 15) is 4.79 Å². The quantitative estimate of drug-likeness (QED) is 0.682. The second kappa shape index (κ2) is 6.27. The van der Waals surface area contributed by atoms with Crippen LogP contribution in [0.15, 0.2) is 42.5 Å². The van der Waals surface area contributed by atoms with Crippen LogP contribution in [0.3, 0.4) is 0 Å². The van der Waals surface area contributed by atoms with E-state index in [0.29, 0.717) is 0 Å². The molecule has 0 saturated carbocycles. The third kappa shape index (κ3) is 3.22. The van der Waals surface area contributed by atoms with Crippen molar-refractivity contribution in [3.8, 4) is 0 Å². The molecular formula is C21H32N2O. The SMILES string of the molecule is C=C(CC)[C@H]1[C@H](c2ccccc2)N(C(C)(C)C)C(=O)N1C(C)(C)C. The topological polar surface area (TPSA) is 23.6 Å². The highest BCUT2D eigenvalue weighted by atomic mass is 16.2. The van der Waals surface area contributed by atoms with Crippen LogP contribution in [0.2, 0.25) is 0 Å². The number of nitrogens with zero attached hydrogens (tertiary/aromatic N) is 2. The van der Waals surface area contributed by atoms with Crippen LogP contribution in [0.1, 0.15) is 66.5 Å². The predicted octanol–water partition coefficient (Wildman–Crippen LogP) is 5.40. The van der Waals surface area contributed by atoms with Crippen molar-refractivity contribution in [1.29, 1.82) is 0 Å². The molecule has 0 unspecified atom stereocenters. The minimum Gasteiger partial charge on any atom is -0.311 e. The van der Waals surface area contributed by atoms with Gasteiger partial charge in [0.2, 0.25) is 0 Å². The summed E-state index contributed by atoms with van der Waals surface area (Å²) in [6.45, 7) is 19.1. The van der Waals surface area contributed by atoms with Gasteiger partial charge in [-0.2, -0.15) is 0 Å². The van der Waals surface area contributed by atoms with Gasteiger partial charge >= 0.3 is 6.03 Å². The number of hydrogen-bond acceptors (Lipinski definition) is 1. The van der Waals surface area contributed by atoms with Gasteiger partial charge in [0.25, 0.3) is 0 Å². The van der Waals surface area contributed by atoms with E-state index in [4.69, 9.17) is 0 Å². The van der Waals surface area contributed by atoms with Gasteiger partial charge < -0.3 is 9.80 Å². The maximum Gasteiger partial charge on any atom is 0.322 e. The average molecular weight is 329 g/mol. The molecule has 1 aliphatic rings. The van der Waals surface area contributed by atoms with Crippen LogP contribution >= 0.6 is 0 Å². The molecule has 1 saturated heterocycles. The molecule has 2 atom stereocenters. The summed E-state index contributed by atoms with van der Waals surface area (Å²) in [7, 11) is 0. The molecule has 0 spiro atoms. The number of rotatable bonds is 3. The number of amides is 2. The van der Waals surface area contributed by atoms with Gasteiger partial charge in [-0.15, -0.1) is 0 Å². The van der Waals surface area contributed by atoms with E-state index in [-0.39, 0.29) is 29.2 Å². The van der Waals surface area contributed by atoms with Gasteiger partial charge in [-0.3, -0.25) is 0 Å². The van der Waals surface area contributed by atoms with Gasteiger partial charge in [0.1, 0.15) is 0 Å². The first-order valence-electron chi connectivity index (χ1n) is 8.85. The second-order valence-electron chi connectivity index (χ2n) is 8.68. The smallest absolute Gasteiger partial charge is 0.311 e. The Morgan fingerprint density at radius 3 is 1.92 bits per heavy atom. The zero-order valence-electron chi connectivity index (χ0n) is 16.3.